The van der Waals surface area contributed by atoms with Gasteiger partial charge in [-0.3, -0.25) is 9.69 Å². The summed E-state index contributed by atoms with van der Waals surface area (Å²) in [6.07, 6.45) is -3.69. The normalized spacial score (nSPS) is 23.3. The van der Waals surface area contributed by atoms with Crippen molar-refractivity contribution in [1.82, 2.24) is 15.1 Å². The van der Waals surface area contributed by atoms with E-state index >= 15 is 0 Å². The molecule has 0 saturated carbocycles. The molecule has 2 aliphatic rings. The maximum absolute atomic E-state index is 13.1. The van der Waals surface area contributed by atoms with Gasteiger partial charge in [0.1, 0.15) is 0 Å². The summed E-state index contributed by atoms with van der Waals surface area (Å²) < 4.78 is 39.2. The summed E-state index contributed by atoms with van der Waals surface area (Å²) in [7, 11) is 0. The van der Waals surface area contributed by atoms with Crippen molar-refractivity contribution in [3.05, 3.63) is 35.4 Å². The maximum Gasteiger partial charge on any atom is 0.417 e. The van der Waals surface area contributed by atoms with Crippen LogP contribution in [0.15, 0.2) is 24.3 Å². The summed E-state index contributed by atoms with van der Waals surface area (Å²) in [6.45, 7) is 4.70. The molecule has 7 heteroatoms. The van der Waals surface area contributed by atoms with Crippen molar-refractivity contribution in [2.24, 2.45) is 0 Å². The van der Waals surface area contributed by atoms with E-state index in [9.17, 15) is 18.0 Å². The molecule has 4 nitrogen and oxygen atoms in total. The number of nitrogens with one attached hydrogen (secondary N) is 1. The van der Waals surface area contributed by atoms with Crippen molar-refractivity contribution in [1.29, 1.82) is 0 Å². The first kappa shape index (κ1) is 16.3. The van der Waals surface area contributed by atoms with Gasteiger partial charge < -0.3 is 10.2 Å². The minimum atomic E-state index is -4.51. The predicted molar refractivity (Wildman–Crippen MR) is 80.2 cm³/mol. The first-order valence-corrected chi connectivity index (χ1v) is 7.87. The molecule has 2 saturated heterocycles. The largest absolute Gasteiger partial charge is 0.417 e. The Labute approximate surface area is 133 Å². The maximum atomic E-state index is 13.1. The lowest BCUT2D eigenvalue weighted by atomic mass is 10.1. The predicted octanol–water partition coefficient (Wildman–Crippen LogP) is 1.83. The van der Waals surface area contributed by atoms with Crippen molar-refractivity contribution < 1.29 is 18.0 Å². The second kappa shape index (κ2) is 6.49. The first-order valence-electron chi connectivity index (χ1n) is 7.87. The van der Waals surface area contributed by atoms with Gasteiger partial charge in [0.15, 0.2) is 0 Å². The Morgan fingerprint density at radius 1 is 1.13 bits per heavy atom. The Kier molecular flexibility index (Phi) is 4.59. The standard InChI is InChI=1S/C16H20F3N3O/c17-16(18,19)14-4-2-1-3-13(14)15(23)22-8-5-12(11-22)21-9-6-20-7-10-21/h1-4,12,20H,5-11H2. The molecule has 0 spiro atoms. The Hall–Kier alpha value is -1.60. The number of hydrogen-bond donors (Lipinski definition) is 1. The molecule has 1 unspecified atom stereocenters. The number of halogens is 3. The monoisotopic (exact) mass is 327 g/mol. The van der Waals surface area contributed by atoms with Crippen molar-refractivity contribution in [3.63, 3.8) is 0 Å². The number of rotatable bonds is 2. The lowest BCUT2D eigenvalue weighted by Gasteiger charge is -2.32. The van der Waals surface area contributed by atoms with Crippen LogP contribution in [0.3, 0.4) is 0 Å². The summed E-state index contributed by atoms with van der Waals surface area (Å²) >= 11 is 0. The second-order valence-electron chi connectivity index (χ2n) is 6.02. The van der Waals surface area contributed by atoms with E-state index in [2.05, 4.69) is 10.2 Å². The third-order valence-corrected chi connectivity index (χ3v) is 4.58. The number of likely N-dealkylation sites (tertiary alicyclic amines) is 1. The summed E-state index contributed by atoms with van der Waals surface area (Å²) in [4.78, 5) is 16.4. The van der Waals surface area contributed by atoms with Crippen molar-refractivity contribution in [2.45, 2.75) is 18.6 Å². The molecule has 2 fully saturated rings. The fourth-order valence-corrected chi connectivity index (χ4v) is 3.36. The molecule has 0 aliphatic carbocycles. The Morgan fingerprint density at radius 3 is 2.52 bits per heavy atom. The van der Waals surface area contributed by atoms with Gasteiger partial charge in [0, 0.05) is 45.3 Å². The molecule has 126 valence electrons. The number of alkyl halides is 3. The molecule has 1 aromatic carbocycles. The van der Waals surface area contributed by atoms with E-state index in [-0.39, 0.29) is 11.6 Å². The van der Waals surface area contributed by atoms with Gasteiger partial charge in [0.05, 0.1) is 11.1 Å². The molecule has 0 bridgehead atoms. The van der Waals surface area contributed by atoms with E-state index in [0.29, 0.717) is 13.1 Å². The molecule has 3 rings (SSSR count). The minimum Gasteiger partial charge on any atom is -0.337 e. The second-order valence-corrected chi connectivity index (χ2v) is 6.02. The van der Waals surface area contributed by atoms with Gasteiger partial charge in [0.2, 0.25) is 0 Å². The molecule has 1 amide bonds. The number of amides is 1. The van der Waals surface area contributed by atoms with Crippen LogP contribution >= 0.6 is 0 Å². The molecule has 23 heavy (non-hydrogen) atoms. The molecule has 2 heterocycles. The number of nitrogens with zero attached hydrogens (tertiary/aromatic N) is 2. The first-order chi connectivity index (χ1) is 11.0. The summed E-state index contributed by atoms with van der Waals surface area (Å²) in [5.41, 5.74) is -1.10. The molecule has 0 aromatic heterocycles. The van der Waals surface area contributed by atoms with Crippen molar-refractivity contribution in [2.75, 3.05) is 39.3 Å². The molecule has 2 aliphatic heterocycles. The van der Waals surface area contributed by atoms with Crippen LogP contribution < -0.4 is 5.32 Å². The van der Waals surface area contributed by atoms with E-state index in [1.807, 2.05) is 0 Å². The highest BCUT2D eigenvalue weighted by Crippen LogP contribution is 2.33. The summed E-state index contributed by atoms with van der Waals surface area (Å²) in [5.74, 6) is -0.518. The summed E-state index contributed by atoms with van der Waals surface area (Å²) in [5, 5.41) is 3.27. The van der Waals surface area contributed by atoms with Crippen LogP contribution in [0.25, 0.3) is 0 Å². The lowest BCUT2D eigenvalue weighted by molar-refractivity contribution is -0.138. The van der Waals surface area contributed by atoms with Crippen LogP contribution in [-0.2, 0) is 6.18 Å². The summed E-state index contributed by atoms with van der Waals surface area (Å²) in [6, 6.07) is 5.28. The van der Waals surface area contributed by atoms with E-state index in [1.54, 1.807) is 4.90 Å². The van der Waals surface area contributed by atoms with Crippen LogP contribution in [0.2, 0.25) is 0 Å². The number of carbonyl (C=O) groups excluding carboxylic acids is 1. The number of carbonyl (C=O) groups is 1. The molecule has 0 radical (unpaired) electrons. The molecular weight excluding hydrogens is 307 g/mol. The number of benzene rings is 1. The zero-order valence-electron chi connectivity index (χ0n) is 12.8. The van der Waals surface area contributed by atoms with Gasteiger partial charge in [0.25, 0.3) is 5.91 Å². The average molecular weight is 327 g/mol. The van der Waals surface area contributed by atoms with E-state index in [4.69, 9.17) is 0 Å². The fourth-order valence-electron chi connectivity index (χ4n) is 3.36. The van der Waals surface area contributed by atoms with Gasteiger partial charge >= 0.3 is 6.18 Å². The van der Waals surface area contributed by atoms with E-state index in [1.165, 1.54) is 18.2 Å². The van der Waals surface area contributed by atoms with Gasteiger partial charge in [-0.05, 0) is 18.6 Å². The van der Waals surface area contributed by atoms with Gasteiger partial charge in [-0.25, -0.2) is 0 Å². The average Bonchev–Trinajstić information content (AvgIpc) is 3.04. The zero-order chi connectivity index (χ0) is 16.4. The highest BCUT2D eigenvalue weighted by molar-refractivity contribution is 5.96. The lowest BCUT2D eigenvalue weighted by Crippen LogP contribution is -2.49. The third kappa shape index (κ3) is 3.50. The number of hydrogen-bond acceptors (Lipinski definition) is 3. The molecule has 1 atom stereocenters. The van der Waals surface area contributed by atoms with Gasteiger partial charge in [-0.2, -0.15) is 13.2 Å². The van der Waals surface area contributed by atoms with Gasteiger partial charge in [-0.1, -0.05) is 12.1 Å². The number of piperazine rings is 1. The zero-order valence-corrected chi connectivity index (χ0v) is 12.8. The van der Waals surface area contributed by atoms with E-state index < -0.39 is 17.6 Å². The molecular formula is C16H20F3N3O. The van der Waals surface area contributed by atoms with Crippen LogP contribution in [0, 0.1) is 0 Å². The Morgan fingerprint density at radius 2 is 1.83 bits per heavy atom. The van der Waals surface area contributed by atoms with Crippen LogP contribution in [0.1, 0.15) is 22.3 Å². The third-order valence-electron chi connectivity index (χ3n) is 4.58. The van der Waals surface area contributed by atoms with Crippen molar-refractivity contribution in [3.8, 4) is 0 Å². The highest BCUT2D eigenvalue weighted by Gasteiger charge is 2.38. The molecule has 1 aromatic rings. The van der Waals surface area contributed by atoms with Crippen LogP contribution in [0.4, 0.5) is 13.2 Å². The Balaban J connectivity index is 1.72. The van der Waals surface area contributed by atoms with Gasteiger partial charge in [-0.15, -0.1) is 0 Å². The SMILES string of the molecule is O=C(c1ccccc1C(F)(F)F)N1CCC(N2CCNCC2)C1. The highest BCUT2D eigenvalue weighted by atomic mass is 19.4. The molecule has 1 N–H and O–H groups in total. The quantitative estimate of drug-likeness (QED) is 0.900. The van der Waals surface area contributed by atoms with E-state index in [0.717, 1.165) is 38.7 Å². The minimum absolute atomic E-state index is 0.249. The Bertz CT molecular complexity index is 570. The smallest absolute Gasteiger partial charge is 0.337 e. The topological polar surface area (TPSA) is 35.6 Å². The van der Waals surface area contributed by atoms with Crippen LogP contribution in [0.5, 0.6) is 0 Å². The van der Waals surface area contributed by atoms with Crippen molar-refractivity contribution >= 4 is 5.91 Å². The van der Waals surface area contributed by atoms with Crippen LogP contribution in [-0.4, -0.2) is 61.0 Å². The fraction of sp³-hybridized carbons (Fsp3) is 0.562.